The Morgan fingerprint density at radius 1 is 1.41 bits per heavy atom. The summed E-state index contributed by atoms with van der Waals surface area (Å²) < 4.78 is 5.53. The number of nitrogen functional groups attached to an aromatic ring is 1. The van der Waals surface area contributed by atoms with Gasteiger partial charge in [-0.1, -0.05) is 6.92 Å². The molecule has 0 aliphatic heterocycles. The lowest BCUT2D eigenvalue weighted by Gasteiger charge is -2.36. The highest BCUT2D eigenvalue weighted by molar-refractivity contribution is 5.55. The molecule has 1 saturated carbocycles. The summed E-state index contributed by atoms with van der Waals surface area (Å²) in [6.07, 6.45) is 4.84. The summed E-state index contributed by atoms with van der Waals surface area (Å²) in [6.45, 7) is 4.88. The first kappa shape index (κ1) is 12.1. The first-order valence-electron chi connectivity index (χ1n) is 6.22. The van der Waals surface area contributed by atoms with Crippen molar-refractivity contribution in [2.75, 3.05) is 17.7 Å². The van der Waals surface area contributed by atoms with Crippen LogP contribution in [0.25, 0.3) is 0 Å². The predicted octanol–water partition coefficient (Wildman–Crippen LogP) is 1.60. The molecule has 5 heteroatoms. The number of anilines is 2. The zero-order valence-corrected chi connectivity index (χ0v) is 10.4. The van der Waals surface area contributed by atoms with Gasteiger partial charge in [0.1, 0.15) is 18.0 Å². The third-order valence-corrected chi connectivity index (χ3v) is 3.17. The van der Waals surface area contributed by atoms with Gasteiger partial charge in [-0.3, -0.25) is 0 Å². The maximum Gasteiger partial charge on any atom is 0.134 e. The third kappa shape index (κ3) is 2.66. The summed E-state index contributed by atoms with van der Waals surface area (Å²) in [6, 6.07) is 0.450. The molecule has 0 bridgehead atoms. The molecule has 5 nitrogen and oxygen atoms in total. The van der Waals surface area contributed by atoms with E-state index in [2.05, 4.69) is 22.2 Å². The first-order valence-corrected chi connectivity index (χ1v) is 6.22. The van der Waals surface area contributed by atoms with Crippen molar-refractivity contribution >= 4 is 11.6 Å². The Kier molecular flexibility index (Phi) is 3.78. The normalized spacial score (nSPS) is 23.2. The average molecular weight is 236 g/mol. The number of hydrogen-bond acceptors (Lipinski definition) is 5. The second-order valence-electron chi connectivity index (χ2n) is 4.33. The molecule has 1 fully saturated rings. The second-order valence-corrected chi connectivity index (χ2v) is 4.33. The fraction of sp³-hybridized carbons (Fsp3) is 0.667. The van der Waals surface area contributed by atoms with E-state index in [0.29, 0.717) is 18.0 Å². The Balaban J connectivity index is 1.94. The summed E-state index contributed by atoms with van der Waals surface area (Å²) in [5, 5.41) is 3.42. The quantitative estimate of drug-likeness (QED) is 0.812. The van der Waals surface area contributed by atoms with Gasteiger partial charge in [0.25, 0.3) is 0 Å². The maximum absolute atomic E-state index is 5.83. The number of rotatable bonds is 5. The predicted molar refractivity (Wildman–Crippen MR) is 67.9 cm³/mol. The SMILES string of the molecule is CCOC1CC(Nc2ncnc(N)c2CC)C1. The Morgan fingerprint density at radius 3 is 2.82 bits per heavy atom. The third-order valence-electron chi connectivity index (χ3n) is 3.17. The summed E-state index contributed by atoms with van der Waals surface area (Å²) in [7, 11) is 0. The van der Waals surface area contributed by atoms with Crippen molar-refractivity contribution in [2.24, 2.45) is 0 Å². The molecule has 0 amide bonds. The molecule has 0 aromatic carbocycles. The van der Waals surface area contributed by atoms with Gasteiger partial charge in [-0.25, -0.2) is 9.97 Å². The average Bonchev–Trinajstić information content (AvgIpc) is 2.26. The van der Waals surface area contributed by atoms with Crippen molar-refractivity contribution in [2.45, 2.75) is 45.3 Å². The van der Waals surface area contributed by atoms with Gasteiger partial charge < -0.3 is 15.8 Å². The fourth-order valence-corrected chi connectivity index (χ4v) is 2.15. The lowest BCUT2D eigenvalue weighted by molar-refractivity contribution is 0.00291. The highest BCUT2D eigenvalue weighted by Crippen LogP contribution is 2.28. The zero-order chi connectivity index (χ0) is 12.3. The van der Waals surface area contributed by atoms with Gasteiger partial charge in [0.05, 0.1) is 6.10 Å². The standard InChI is InChI=1S/C12H20N4O/c1-3-10-11(13)14-7-15-12(10)16-8-5-9(6-8)17-4-2/h7-9H,3-6H2,1-2H3,(H3,13,14,15,16). The van der Waals surface area contributed by atoms with Gasteiger partial charge in [-0.15, -0.1) is 0 Å². The molecule has 94 valence electrons. The molecule has 0 radical (unpaired) electrons. The van der Waals surface area contributed by atoms with Gasteiger partial charge in [0.2, 0.25) is 0 Å². The Hall–Kier alpha value is -1.36. The number of nitrogens with one attached hydrogen (secondary N) is 1. The van der Waals surface area contributed by atoms with Crippen LogP contribution in [0.15, 0.2) is 6.33 Å². The van der Waals surface area contributed by atoms with E-state index in [1.54, 1.807) is 0 Å². The van der Waals surface area contributed by atoms with Crippen molar-refractivity contribution in [1.29, 1.82) is 0 Å². The van der Waals surface area contributed by atoms with Crippen LogP contribution in [-0.2, 0) is 11.2 Å². The molecule has 3 N–H and O–H groups in total. The van der Waals surface area contributed by atoms with Crippen LogP contribution in [0.1, 0.15) is 32.3 Å². The molecule has 1 aromatic rings. The summed E-state index contributed by atoms with van der Waals surface area (Å²) in [5.41, 5.74) is 6.83. The van der Waals surface area contributed by atoms with Crippen LogP contribution in [0.2, 0.25) is 0 Å². The number of nitrogens with zero attached hydrogens (tertiary/aromatic N) is 2. The smallest absolute Gasteiger partial charge is 0.134 e. The largest absolute Gasteiger partial charge is 0.383 e. The minimum atomic E-state index is 0.404. The number of hydrogen-bond donors (Lipinski definition) is 2. The van der Waals surface area contributed by atoms with Crippen LogP contribution in [0, 0.1) is 0 Å². The molecule has 1 heterocycles. The first-order chi connectivity index (χ1) is 8.24. The molecule has 1 aliphatic rings. The second kappa shape index (κ2) is 5.31. The van der Waals surface area contributed by atoms with Gasteiger partial charge in [-0.05, 0) is 26.2 Å². The molecule has 0 atom stereocenters. The van der Waals surface area contributed by atoms with E-state index in [0.717, 1.165) is 37.3 Å². The van der Waals surface area contributed by atoms with Crippen molar-refractivity contribution in [3.63, 3.8) is 0 Å². The molecular weight excluding hydrogens is 216 g/mol. The van der Waals surface area contributed by atoms with E-state index in [4.69, 9.17) is 10.5 Å². The molecule has 2 rings (SSSR count). The minimum Gasteiger partial charge on any atom is -0.383 e. The van der Waals surface area contributed by atoms with E-state index >= 15 is 0 Å². The molecule has 17 heavy (non-hydrogen) atoms. The van der Waals surface area contributed by atoms with E-state index in [1.807, 2.05) is 6.92 Å². The van der Waals surface area contributed by atoms with Crippen LogP contribution < -0.4 is 11.1 Å². The van der Waals surface area contributed by atoms with Gasteiger partial charge in [0.15, 0.2) is 0 Å². The van der Waals surface area contributed by atoms with Crippen LogP contribution in [-0.4, -0.2) is 28.7 Å². The Labute approximate surface area is 102 Å². The molecule has 1 aliphatic carbocycles. The zero-order valence-electron chi connectivity index (χ0n) is 10.4. The number of aromatic nitrogens is 2. The number of nitrogens with two attached hydrogens (primary N) is 1. The molecular formula is C12H20N4O. The van der Waals surface area contributed by atoms with E-state index in [-0.39, 0.29) is 0 Å². The van der Waals surface area contributed by atoms with Crippen molar-refractivity contribution in [3.8, 4) is 0 Å². The lowest BCUT2D eigenvalue weighted by atomic mass is 9.89. The van der Waals surface area contributed by atoms with E-state index in [9.17, 15) is 0 Å². The van der Waals surface area contributed by atoms with E-state index < -0.39 is 0 Å². The van der Waals surface area contributed by atoms with Crippen molar-refractivity contribution in [1.82, 2.24) is 9.97 Å². The van der Waals surface area contributed by atoms with Gasteiger partial charge >= 0.3 is 0 Å². The highest BCUT2D eigenvalue weighted by atomic mass is 16.5. The minimum absolute atomic E-state index is 0.404. The highest BCUT2D eigenvalue weighted by Gasteiger charge is 2.30. The molecule has 0 unspecified atom stereocenters. The van der Waals surface area contributed by atoms with Gasteiger partial charge in [-0.2, -0.15) is 0 Å². The topological polar surface area (TPSA) is 73.1 Å². The number of ether oxygens (including phenoxy) is 1. The molecule has 1 aromatic heterocycles. The monoisotopic (exact) mass is 236 g/mol. The molecule has 0 spiro atoms. The van der Waals surface area contributed by atoms with Crippen LogP contribution >= 0.6 is 0 Å². The molecule has 0 saturated heterocycles. The van der Waals surface area contributed by atoms with Crippen LogP contribution in [0.3, 0.4) is 0 Å². The Morgan fingerprint density at radius 2 is 2.18 bits per heavy atom. The fourth-order valence-electron chi connectivity index (χ4n) is 2.15. The maximum atomic E-state index is 5.83. The van der Waals surface area contributed by atoms with E-state index in [1.165, 1.54) is 6.33 Å². The van der Waals surface area contributed by atoms with Crippen molar-refractivity contribution in [3.05, 3.63) is 11.9 Å². The summed E-state index contributed by atoms with van der Waals surface area (Å²) in [5.74, 6) is 1.45. The van der Waals surface area contributed by atoms with Crippen LogP contribution in [0.4, 0.5) is 11.6 Å². The summed E-state index contributed by atoms with van der Waals surface area (Å²) in [4.78, 5) is 8.27. The summed E-state index contributed by atoms with van der Waals surface area (Å²) >= 11 is 0. The van der Waals surface area contributed by atoms with Gasteiger partial charge in [0, 0.05) is 18.2 Å². The Bertz CT molecular complexity index is 377. The lowest BCUT2D eigenvalue weighted by Crippen LogP contribution is -2.41. The van der Waals surface area contributed by atoms with Crippen LogP contribution in [0.5, 0.6) is 0 Å². The van der Waals surface area contributed by atoms with Crippen molar-refractivity contribution < 1.29 is 4.74 Å².